The molecule has 1 fully saturated rings. The van der Waals surface area contributed by atoms with Gasteiger partial charge in [0, 0.05) is 24.9 Å². The number of carbonyl (C=O) groups is 1. The van der Waals surface area contributed by atoms with Crippen molar-refractivity contribution in [2.75, 3.05) is 23.8 Å². The maximum absolute atomic E-state index is 11.3. The average molecular weight is 264 g/mol. The van der Waals surface area contributed by atoms with Gasteiger partial charge in [0.1, 0.15) is 0 Å². The zero-order chi connectivity index (χ0) is 13.8. The summed E-state index contributed by atoms with van der Waals surface area (Å²) in [6, 6.07) is 5.08. The Hall–Kier alpha value is -1.75. The third-order valence-corrected chi connectivity index (χ3v) is 3.65. The summed E-state index contributed by atoms with van der Waals surface area (Å²) in [6.45, 7) is 0.931. The molecule has 1 aliphatic rings. The van der Waals surface area contributed by atoms with E-state index in [1.54, 1.807) is 18.2 Å². The second-order valence-corrected chi connectivity index (χ2v) is 4.94. The molecule has 0 aromatic heterocycles. The van der Waals surface area contributed by atoms with Crippen LogP contribution in [0.2, 0.25) is 0 Å². The lowest BCUT2D eigenvalue weighted by Crippen LogP contribution is -2.41. The van der Waals surface area contributed by atoms with Gasteiger partial charge < -0.3 is 20.8 Å². The minimum atomic E-state index is -0.941. The van der Waals surface area contributed by atoms with E-state index in [2.05, 4.69) is 4.90 Å². The zero-order valence-corrected chi connectivity index (χ0v) is 10.9. The molecule has 1 aromatic carbocycles. The number of anilines is 2. The van der Waals surface area contributed by atoms with E-state index in [1.807, 2.05) is 0 Å². The number of rotatable bonds is 4. The Kier molecular flexibility index (Phi) is 4.27. The molecule has 19 heavy (non-hydrogen) atoms. The molecule has 104 valence electrons. The van der Waals surface area contributed by atoms with Crippen molar-refractivity contribution in [2.24, 2.45) is 0 Å². The van der Waals surface area contributed by atoms with Gasteiger partial charge in [-0.2, -0.15) is 0 Å². The maximum Gasteiger partial charge on any atom is 0.337 e. The summed E-state index contributed by atoms with van der Waals surface area (Å²) < 4.78 is 0. The molecule has 0 radical (unpaired) electrons. The standard InChI is InChI=1S/C14H20N2O3/c15-10-4-5-12(14(18)19)13(9-10)16-7-2-1-3-11(16)6-8-17/h4-5,9,11,17H,1-3,6-8,15H2,(H,18,19). The van der Waals surface area contributed by atoms with Crippen LogP contribution in [-0.4, -0.2) is 35.4 Å². The van der Waals surface area contributed by atoms with E-state index >= 15 is 0 Å². The summed E-state index contributed by atoms with van der Waals surface area (Å²) in [5.74, 6) is -0.941. The van der Waals surface area contributed by atoms with Gasteiger partial charge in [-0.1, -0.05) is 0 Å². The summed E-state index contributed by atoms with van der Waals surface area (Å²) in [6.07, 6.45) is 3.80. The molecule has 1 unspecified atom stereocenters. The van der Waals surface area contributed by atoms with Crippen molar-refractivity contribution in [2.45, 2.75) is 31.7 Å². The fraction of sp³-hybridized carbons (Fsp3) is 0.500. The van der Waals surface area contributed by atoms with E-state index in [0.29, 0.717) is 17.8 Å². The van der Waals surface area contributed by atoms with Gasteiger partial charge in [-0.15, -0.1) is 0 Å². The molecule has 0 spiro atoms. The predicted molar refractivity (Wildman–Crippen MR) is 74.5 cm³/mol. The number of benzene rings is 1. The molecule has 4 N–H and O–H groups in total. The summed E-state index contributed by atoms with van der Waals surface area (Å²) in [5.41, 5.74) is 7.30. The van der Waals surface area contributed by atoms with Crippen LogP contribution in [0.15, 0.2) is 18.2 Å². The number of aliphatic hydroxyl groups is 1. The first-order chi connectivity index (χ1) is 9.13. The molecule has 0 saturated carbocycles. The molecule has 5 heteroatoms. The molecular formula is C14H20N2O3. The van der Waals surface area contributed by atoms with Crippen molar-refractivity contribution in [1.29, 1.82) is 0 Å². The predicted octanol–water partition coefficient (Wildman–Crippen LogP) is 1.71. The van der Waals surface area contributed by atoms with Crippen LogP contribution in [0.3, 0.4) is 0 Å². The van der Waals surface area contributed by atoms with Gasteiger partial charge >= 0.3 is 5.97 Å². The van der Waals surface area contributed by atoms with Crippen LogP contribution in [0.5, 0.6) is 0 Å². The number of piperidine rings is 1. The van der Waals surface area contributed by atoms with Crippen LogP contribution < -0.4 is 10.6 Å². The molecule has 2 rings (SSSR count). The third kappa shape index (κ3) is 2.98. The molecule has 1 aromatic rings. The van der Waals surface area contributed by atoms with Gasteiger partial charge in [0.05, 0.1) is 11.3 Å². The van der Waals surface area contributed by atoms with Gasteiger partial charge in [-0.3, -0.25) is 0 Å². The van der Waals surface area contributed by atoms with Crippen LogP contribution in [-0.2, 0) is 0 Å². The quantitative estimate of drug-likeness (QED) is 0.721. The van der Waals surface area contributed by atoms with Crippen LogP contribution in [0.1, 0.15) is 36.0 Å². The van der Waals surface area contributed by atoms with Crippen molar-refractivity contribution in [1.82, 2.24) is 0 Å². The molecular weight excluding hydrogens is 244 g/mol. The lowest BCUT2D eigenvalue weighted by atomic mass is 9.97. The number of hydrogen-bond donors (Lipinski definition) is 3. The van der Waals surface area contributed by atoms with E-state index in [4.69, 9.17) is 10.8 Å². The molecule has 1 aliphatic heterocycles. The van der Waals surface area contributed by atoms with Crippen molar-refractivity contribution >= 4 is 17.3 Å². The fourth-order valence-electron chi connectivity index (χ4n) is 2.73. The molecule has 1 saturated heterocycles. The minimum Gasteiger partial charge on any atom is -0.478 e. The molecule has 5 nitrogen and oxygen atoms in total. The van der Waals surface area contributed by atoms with Crippen molar-refractivity contribution in [3.63, 3.8) is 0 Å². The number of aliphatic hydroxyl groups excluding tert-OH is 1. The number of carboxylic acid groups (broad SMARTS) is 1. The second-order valence-electron chi connectivity index (χ2n) is 4.94. The first-order valence-corrected chi connectivity index (χ1v) is 6.64. The SMILES string of the molecule is Nc1ccc(C(=O)O)c(N2CCCCC2CCO)c1. The highest BCUT2D eigenvalue weighted by Gasteiger charge is 2.25. The Bertz CT molecular complexity index is 460. The summed E-state index contributed by atoms with van der Waals surface area (Å²) in [4.78, 5) is 13.4. The highest BCUT2D eigenvalue weighted by Crippen LogP contribution is 2.31. The molecule has 1 atom stereocenters. The molecule has 1 heterocycles. The monoisotopic (exact) mass is 264 g/mol. The first kappa shape index (κ1) is 13.7. The lowest BCUT2D eigenvalue weighted by Gasteiger charge is -2.38. The third-order valence-electron chi connectivity index (χ3n) is 3.65. The van der Waals surface area contributed by atoms with Crippen molar-refractivity contribution in [3.8, 4) is 0 Å². The molecule has 0 amide bonds. The highest BCUT2D eigenvalue weighted by molar-refractivity contribution is 5.95. The van der Waals surface area contributed by atoms with E-state index in [9.17, 15) is 9.90 Å². The number of hydrogen-bond acceptors (Lipinski definition) is 4. The number of nitrogen functional groups attached to an aromatic ring is 1. The van der Waals surface area contributed by atoms with Gasteiger partial charge in [0.25, 0.3) is 0 Å². The van der Waals surface area contributed by atoms with E-state index in [0.717, 1.165) is 25.8 Å². The smallest absolute Gasteiger partial charge is 0.337 e. The lowest BCUT2D eigenvalue weighted by molar-refractivity contribution is 0.0697. The van der Waals surface area contributed by atoms with Crippen molar-refractivity contribution in [3.05, 3.63) is 23.8 Å². The number of nitrogens with zero attached hydrogens (tertiary/aromatic N) is 1. The largest absolute Gasteiger partial charge is 0.478 e. The first-order valence-electron chi connectivity index (χ1n) is 6.64. The van der Waals surface area contributed by atoms with E-state index < -0.39 is 5.97 Å². The molecule has 0 aliphatic carbocycles. The minimum absolute atomic E-state index is 0.117. The Labute approximate surface area is 112 Å². The Morgan fingerprint density at radius 2 is 2.21 bits per heavy atom. The van der Waals surface area contributed by atoms with E-state index in [-0.39, 0.29) is 18.2 Å². The number of aromatic carboxylic acids is 1. The average Bonchev–Trinajstić information content (AvgIpc) is 2.39. The van der Waals surface area contributed by atoms with Crippen LogP contribution in [0.25, 0.3) is 0 Å². The summed E-state index contributed by atoms with van der Waals surface area (Å²) in [5, 5.41) is 18.4. The Morgan fingerprint density at radius 3 is 2.89 bits per heavy atom. The number of carboxylic acids is 1. The van der Waals surface area contributed by atoms with E-state index in [1.165, 1.54) is 0 Å². The topological polar surface area (TPSA) is 86.8 Å². The van der Waals surface area contributed by atoms with Crippen molar-refractivity contribution < 1.29 is 15.0 Å². The van der Waals surface area contributed by atoms with Crippen LogP contribution in [0.4, 0.5) is 11.4 Å². The summed E-state index contributed by atoms with van der Waals surface area (Å²) in [7, 11) is 0. The molecule has 0 bridgehead atoms. The van der Waals surface area contributed by atoms with Gasteiger partial charge in [-0.25, -0.2) is 4.79 Å². The van der Waals surface area contributed by atoms with Gasteiger partial charge in [-0.05, 0) is 43.9 Å². The van der Waals surface area contributed by atoms with Gasteiger partial charge in [0.15, 0.2) is 0 Å². The fourth-order valence-corrected chi connectivity index (χ4v) is 2.73. The zero-order valence-electron chi connectivity index (χ0n) is 10.9. The normalized spacial score (nSPS) is 19.4. The maximum atomic E-state index is 11.3. The van der Waals surface area contributed by atoms with Gasteiger partial charge in [0.2, 0.25) is 0 Å². The Morgan fingerprint density at radius 1 is 1.42 bits per heavy atom. The Balaban J connectivity index is 2.37. The van der Waals surface area contributed by atoms with Crippen LogP contribution in [0, 0.1) is 0 Å². The van der Waals surface area contributed by atoms with Crippen LogP contribution >= 0.6 is 0 Å². The summed E-state index contributed by atoms with van der Waals surface area (Å²) >= 11 is 0. The number of nitrogens with two attached hydrogens (primary N) is 1. The second kappa shape index (κ2) is 5.93. The highest BCUT2D eigenvalue weighted by atomic mass is 16.4.